The minimum Gasteiger partial charge on any atom is -0.385 e. The summed E-state index contributed by atoms with van der Waals surface area (Å²) in [7, 11) is 1.60. The van der Waals surface area contributed by atoms with E-state index in [9.17, 15) is 22.8 Å². The molecule has 1 fully saturated rings. The monoisotopic (exact) mass is 419 g/mol. The molecule has 1 aliphatic rings. The number of hydrogen-bond donors (Lipinski definition) is 1. The number of halogens is 3. The van der Waals surface area contributed by atoms with Gasteiger partial charge >= 0.3 is 5.51 Å². The van der Waals surface area contributed by atoms with Crippen molar-refractivity contribution in [1.82, 2.24) is 15.1 Å². The highest BCUT2D eigenvalue weighted by Gasteiger charge is 2.32. The molecular weight excluding hydrogens is 395 g/mol. The first-order valence-electron chi connectivity index (χ1n) is 8.92. The number of ether oxygens (including phenoxy) is 1. The van der Waals surface area contributed by atoms with Crippen molar-refractivity contribution in [3.05, 3.63) is 29.8 Å². The van der Waals surface area contributed by atoms with Crippen LogP contribution in [0.5, 0.6) is 0 Å². The lowest BCUT2D eigenvalue weighted by molar-refractivity contribution is -0.122. The first kappa shape index (κ1) is 22.5. The molecule has 1 aromatic rings. The highest BCUT2D eigenvalue weighted by molar-refractivity contribution is 8.00. The number of methoxy groups -OCH3 is 1. The minimum atomic E-state index is -4.45. The molecular formula is C18H24F3N3O3S. The molecule has 0 unspecified atom stereocenters. The topological polar surface area (TPSA) is 61.9 Å². The molecule has 0 radical (unpaired) electrons. The van der Waals surface area contributed by atoms with Crippen molar-refractivity contribution in [3.63, 3.8) is 0 Å². The molecule has 0 spiro atoms. The Kier molecular flexibility index (Phi) is 8.58. The molecule has 1 heterocycles. The zero-order valence-electron chi connectivity index (χ0n) is 15.6. The van der Waals surface area contributed by atoms with E-state index in [4.69, 9.17) is 4.74 Å². The average Bonchev–Trinajstić information content (AvgIpc) is 2.64. The Morgan fingerprint density at radius 2 is 1.86 bits per heavy atom. The summed E-state index contributed by atoms with van der Waals surface area (Å²) in [6.45, 7) is 3.06. The molecule has 0 atom stereocenters. The Labute approximate surface area is 166 Å². The van der Waals surface area contributed by atoms with E-state index < -0.39 is 11.4 Å². The summed E-state index contributed by atoms with van der Waals surface area (Å²) in [4.78, 5) is 27.9. The normalized spacial score (nSPS) is 15.5. The van der Waals surface area contributed by atoms with Gasteiger partial charge < -0.3 is 15.0 Å². The predicted molar refractivity (Wildman–Crippen MR) is 100 cm³/mol. The van der Waals surface area contributed by atoms with E-state index in [2.05, 4.69) is 5.32 Å². The van der Waals surface area contributed by atoms with Crippen LogP contribution in [-0.2, 0) is 9.53 Å². The van der Waals surface area contributed by atoms with E-state index in [1.807, 2.05) is 4.90 Å². The molecule has 156 valence electrons. The number of nitrogens with one attached hydrogen (secondary N) is 1. The van der Waals surface area contributed by atoms with Crippen molar-refractivity contribution >= 4 is 23.6 Å². The number of rotatable bonds is 8. The van der Waals surface area contributed by atoms with Gasteiger partial charge in [0.1, 0.15) is 0 Å². The number of piperazine rings is 1. The second kappa shape index (κ2) is 10.7. The van der Waals surface area contributed by atoms with E-state index in [1.54, 1.807) is 13.2 Å². The first-order chi connectivity index (χ1) is 13.3. The third kappa shape index (κ3) is 7.33. The SMILES string of the molecule is COCCCNC(=O)CN1CCN(C(=O)c2ccccc2SC(F)(F)F)CC1. The minimum absolute atomic E-state index is 0.0501. The molecule has 1 N–H and O–H groups in total. The summed E-state index contributed by atoms with van der Waals surface area (Å²) in [5.74, 6) is -0.515. The second-order valence-electron chi connectivity index (χ2n) is 6.31. The second-order valence-corrected chi connectivity index (χ2v) is 7.42. The summed E-state index contributed by atoms with van der Waals surface area (Å²) in [5, 5.41) is 2.80. The van der Waals surface area contributed by atoms with Crippen LogP contribution in [0.4, 0.5) is 13.2 Å². The lowest BCUT2D eigenvalue weighted by Crippen LogP contribution is -2.51. The number of benzene rings is 1. The van der Waals surface area contributed by atoms with Gasteiger partial charge in [-0.25, -0.2) is 0 Å². The van der Waals surface area contributed by atoms with E-state index in [-0.39, 0.29) is 34.7 Å². The van der Waals surface area contributed by atoms with Gasteiger partial charge in [0.2, 0.25) is 5.91 Å². The van der Waals surface area contributed by atoms with Crippen LogP contribution < -0.4 is 5.32 Å². The third-order valence-electron chi connectivity index (χ3n) is 4.22. The molecule has 0 bridgehead atoms. The van der Waals surface area contributed by atoms with Gasteiger partial charge in [0.15, 0.2) is 0 Å². The van der Waals surface area contributed by atoms with Gasteiger partial charge in [0.25, 0.3) is 5.91 Å². The summed E-state index contributed by atoms with van der Waals surface area (Å²) >= 11 is -0.280. The van der Waals surface area contributed by atoms with Crippen LogP contribution in [0.25, 0.3) is 0 Å². The molecule has 6 nitrogen and oxygen atoms in total. The van der Waals surface area contributed by atoms with Crippen molar-refractivity contribution in [2.24, 2.45) is 0 Å². The third-order valence-corrected chi connectivity index (χ3v) is 5.02. The summed E-state index contributed by atoms with van der Waals surface area (Å²) in [5.41, 5.74) is -4.40. The summed E-state index contributed by atoms with van der Waals surface area (Å²) in [6.07, 6.45) is 0.736. The number of alkyl halides is 3. The zero-order valence-corrected chi connectivity index (χ0v) is 16.4. The van der Waals surface area contributed by atoms with Gasteiger partial charge in [-0.3, -0.25) is 14.5 Å². The molecule has 1 saturated heterocycles. The molecule has 2 rings (SSSR count). The Morgan fingerprint density at radius 3 is 2.50 bits per heavy atom. The van der Waals surface area contributed by atoms with Crippen molar-refractivity contribution in [2.45, 2.75) is 16.8 Å². The van der Waals surface area contributed by atoms with Gasteiger partial charge in [-0.2, -0.15) is 13.2 Å². The Hall–Kier alpha value is -1.78. The number of carbonyl (C=O) groups excluding carboxylic acids is 2. The average molecular weight is 419 g/mol. The maximum atomic E-state index is 12.7. The van der Waals surface area contributed by atoms with Crippen LogP contribution in [0.3, 0.4) is 0 Å². The molecule has 0 aromatic heterocycles. The molecule has 10 heteroatoms. The van der Waals surface area contributed by atoms with E-state index in [0.717, 1.165) is 6.42 Å². The van der Waals surface area contributed by atoms with E-state index in [0.29, 0.717) is 39.3 Å². The van der Waals surface area contributed by atoms with Crippen LogP contribution in [-0.4, -0.2) is 80.1 Å². The number of amides is 2. The van der Waals surface area contributed by atoms with E-state index in [1.165, 1.54) is 23.1 Å². The molecule has 1 aliphatic heterocycles. The molecule has 0 aliphatic carbocycles. The van der Waals surface area contributed by atoms with Gasteiger partial charge in [-0.15, -0.1) is 0 Å². The Morgan fingerprint density at radius 1 is 1.18 bits per heavy atom. The number of hydrogen-bond acceptors (Lipinski definition) is 5. The maximum absolute atomic E-state index is 12.7. The molecule has 1 aromatic carbocycles. The Balaban J connectivity index is 1.85. The van der Waals surface area contributed by atoms with Crippen LogP contribution in [0.2, 0.25) is 0 Å². The van der Waals surface area contributed by atoms with Gasteiger partial charge in [-0.1, -0.05) is 12.1 Å². The van der Waals surface area contributed by atoms with Gasteiger partial charge in [-0.05, 0) is 30.3 Å². The fraction of sp³-hybridized carbons (Fsp3) is 0.556. The van der Waals surface area contributed by atoms with Crippen LogP contribution in [0.15, 0.2) is 29.2 Å². The Bertz CT molecular complexity index is 665. The van der Waals surface area contributed by atoms with E-state index >= 15 is 0 Å². The fourth-order valence-electron chi connectivity index (χ4n) is 2.84. The van der Waals surface area contributed by atoms with Crippen molar-refractivity contribution < 1.29 is 27.5 Å². The zero-order chi connectivity index (χ0) is 20.6. The maximum Gasteiger partial charge on any atom is 0.446 e. The lowest BCUT2D eigenvalue weighted by atomic mass is 10.2. The highest BCUT2D eigenvalue weighted by atomic mass is 32.2. The van der Waals surface area contributed by atoms with Gasteiger partial charge in [0, 0.05) is 51.3 Å². The lowest BCUT2D eigenvalue weighted by Gasteiger charge is -2.34. The summed E-state index contributed by atoms with van der Waals surface area (Å²) < 4.78 is 43.1. The number of carbonyl (C=O) groups is 2. The summed E-state index contributed by atoms with van der Waals surface area (Å²) in [6, 6.07) is 5.75. The number of thioether (sulfide) groups is 1. The van der Waals surface area contributed by atoms with Crippen LogP contribution >= 0.6 is 11.8 Å². The smallest absolute Gasteiger partial charge is 0.385 e. The van der Waals surface area contributed by atoms with Crippen molar-refractivity contribution in [1.29, 1.82) is 0 Å². The predicted octanol–water partition coefficient (Wildman–Crippen LogP) is 2.21. The molecule has 28 heavy (non-hydrogen) atoms. The quantitative estimate of drug-likeness (QED) is 0.517. The fourth-order valence-corrected chi connectivity index (χ4v) is 3.50. The van der Waals surface area contributed by atoms with Crippen molar-refractivity contribution in [3.8, 4) is 0 Å². The first-order valence-corrected chi connectivity index (χ1v) is 9.74. The van der Waals surface area contributed by atoms with Crippen molar-refractivity contribution in [2.75, 3.05) is 53.0 Å². The highest BCUT2D eigenvalue weighted by Crippen LogP contribution is 2.38. The standard InChI is InChI=1S/C18H24F3N3O3S/c1-27-12-4-7-22-16(25)13-23-8-10-24(11-9-23)17(26)14-5-2-3-6-15(14)28-18(19,20)21/h2-3,5-6H,4,7-13H2,1H3,(H,22,25). The van der Waals surface area contributed by atoms with Gasteiger partial charge in [0.05, 0.1) is 12.1 Å². The van der Waals surface area contributed by atoms with Crippen LogP contribution in [0.1, 0.15) is 16.8 Å². The largest absolute Gasteiger partial charge is 0.446 e. The molecule has 2 amide bonds. The molecule has 0 saturated carbocycles. The van der Waals surface area contributed by atoms with Crippen LogP contribution in [0, 0.1) is 0 Å². The number of nitrogens with zero attached hydrogens (tertiary/aromatic N) is 2.